The topological polar surface area (TPSA) is 75.7 Å². The zero-order chi connectivity index (χ0) is 21.2. The highest BCUT2D eigenvalue weighted by Crippen LogP contribution is 2.38. The van der Waals surface area contributed by atoms with Crippen LogP contribution in [0.4, 0.5) is 11.4 Å². The van der Waals surface area contributed by atoms with Gasteiger partial charge >= 0.3 is 0 Å². The Labute approximate surface area is 179 Å². The lowest BCUT2D eigenvalue weighted by Crippen LogP contribution is -2.04. The third-order valence-corrected chi connectivity index (χ3v) is 6.02. The van der Waals surface area contributed by atoms with Crippen LogP contribution in [0.3, 0.4) is 0 Å². The number of nitro groups is 1. The van der Waals surface area contributed by atoms with Gasteiger partial charge in [0.05, 0.1) is 10.6 Å². The SMILES string of the molecule is O=[N+]([O-])c1cc(C=Nc2ccccc2)c(O)c(C2CCCCCCCCCCC2)c1. The van der Waals surface area contributed by atoms with Crippen LogP contribution in [-0.4, -0.2) is 16.2 Å². The van der Waals surface area contributed by atoms with Crippen molar-refractivity contribution in [1.82, 2.24) is 0 Å². The van der Waals surface area contributed by atoms with E-state index in [-0.39, 0.29) is 22.3 Å². The van der Waals surface area contributed by atoms with Crippen molar-refractivity contribution in [3.63, 3.8) is 0 Å². The van der Waals surface area contributed by atoms with Crippen LogP contribution >= 0.6 is 0 Å². The number of hydrogen-bond acceptors (Lipinski definition) is 4. The minimum Gasteiger partial charge on any atom is -0.507 e. The van der Waals surface area contributed by atoms with Gasteiger partial charge in [-0.1, -0.05) is 76.0 Å². The third-order valence-electron chi connectivity index (χ3n) is 6.02. The standard InChI is InChI=1S/C25H32N2O3/c28-25-21(19-26-22-15-11-8-12-16-22)17-23(27(29)30)18-24(25)20-13-9-6-4-2-1-3-5-7-10-14-20/h8,11-12,15-20,28H,1-7,9-10,13-14H2. The normalized spacial score (nSPS) is 17.3. The summed E-state index contributed by atoms with van der Waals surface area (Å²) in [6.45, 7) is 0. The Morgan fingerprint density at radius 2 is 1.47 bits per heavy atom. The molecule has 0 heterocycles. The van der Waals surface area contributed by atoms with Gasteiger partial charge in [-0.3, -0.25) is 15.1 Å². The molecule has 1 saturated carbocycles. The maximum Gasteiger partial charge on any atom is 0.270 e. The molecule has 0 saturated heterocycles. The molecule has 0 spiro atoms. The maximum absolute atomic E-state index is 11.6. The zero-order valence-corrected chi connectivity index (χ0v) is 17.6. The number of hydrogen-bond donors (Lipinski definition) is 1. The Morgan fingerprint density at radius 3 is 2.03 bits per heavy atom. The molecule has 30 heavy (non-hydrogen) atoms. The molecular weight excluding hydrogens is 376 g/mol. The van der Waals surface area contributed by atoms with E-state index in [4.69, 9.17) is 0 Å². The minimum atomic E-state index is -0.377. The average molecular weight is 409 g/mol. The Balaban J connectivity index is 1.89. The third kappa shape index (κ3) is 6.41. The Bertz CT molecular complexity index is 837. The summed E-state index contributed by atoms with van der Waals surface area (Å²) in [4.78, 5) is 15.6. The first-order valence-corrected chi connectivity index (χ1v) is 11.3. The first-order chi connectivity index (χ1) is 14.6. The summed E-state index contributed by atoms with van der Waals surface area (Å²) in [5.74, 6) is 0.283. The summed E-state index contributed by atoms with van der Waals surface area (Å²) in [6.07, 6.45) is 14.5. The van der Waals surface area contributed by atoms with Crippen molar-refractivity contribution in [1.29, 1.82) is 0 Å². The number of nitrogens with zero attached hydrogens (tertiary/aromatic N) is 2. The van der Waals surface area contributed by atoms with E-state index in [2.05, 4.69) is 4.99 Å². The highest BCUT2D eigenvalue weighted by atomic mass is 16.6. The zero-order valence-electron chi connectivity index (χ0n) is 17.6. The molecule has 1 aliphatic carbocycles. The van der Waals surface area contributed by atoms with Crippen molar-refractivity contribution < 1.29 is 10.0 Å². The van der Waals surface area contributed by atoms with Crippen LogP contribution in [-0.2, 0) is 0 Å². The van der Waals surface area contributed by atoms with E-state index in [9.17, 15) is 15.2 Å². The largest absolute Gasteiger partial charge is 0.507 e. The van der Waals surface area contributed by atoms with Crippen LogP contribution < -0.4 is 0 Å². The number of aromatic hydroxyl groups is 1. The van der Waals surface area contributed by atoms with Gasteiger partial charge < -0.3 is 5.11 Å². The fourth-order valence-electron chi connectivity index (χ4n) is 4.31. The van der Waals surface area contributed by atoms with Gasteiger partial charge in [-0.05, 0) is 30.9 Å². The molecule has 0 amide bonds. The molecule has 0 radical (unpaired) electrons. The second kappa shape index (κ2) is 11.5. The van der Waals surface area contributed by atoms with Crippen molar-refractivity contribution in [3.05, 3.63) is 63.7 Å². The molecule has 0 aromatic heterocycles. The van der Waals surface area contributed by atoms with Gasteiger partial charge in [0, 0.05) is 29.5 Å². The van der Waals surface area contributed by atoms with Gasteiger partial charge in [0.25, 0.3) is 5.69 Å². The van der Waals surface area contributed by atoms with Crippen molar-refractivity contribution in [2.75, 3.05) is 0 Å². The summed E-state index contributed by atoms with van der Waals surface area (Å²) >= 11 is 0. The van der Waals surface area contributed by atoms with E-state index in [0.29, 0.717) is 11.1 Å². The van der Waals surface area contributed by atoms with E-state index in [1.165, 1.54) is 57.2 Å². The number of benzene rings is 2. The number of non-ortho nitro benzene ring substituents is 1. The molecule has 2 aromatic rings. The first kappa shape index (κ1) is 22.0. The quantitative estimate of drug-likeness (QED) is 0.324. The average Bonchev–Trinajstić information content (AvgIpc) is 2.74. The lowest BCUT2D eigenvalue weighted by molar-refractivity contribution is -0.385. The summed E-state index contributed by atoms with van der Waals surface area (Å²) in [6, 6.07) is 12.4. The summed E-state index contributed by atoms with van der Waals surface area (Å²) < 4.78 is 0. The Morgan fingerprint density at radius 1 is 0.900 bits per heavy atom. The first-order valence-electron chi connectivity index (χ1n) is 11.3. The van der Waals surface area contributed by atoms with E-state index in [1.54, 1.807) is 6.07 Å². The number of nitro benzene ring substituents is 1. The molecule has 1 N–H and O–H groups in total. The molecule has 5 nitrogen and oxygen atoms in total. The molecular formula is C25H32N2O3. The van der Waals surface area contributed by atoms with Gasteiger partial charge in [0.15, 0.2) is 0 Å². The van der Waals surface area contributed by atoms with Gasteiger partial charge in [0.1, 0.15) is 5.75 Å². The molecule has 0 bridgehead atoms. The molecule has 0 unspecified atom stereocenters. The summed E-state index contributed by atoms with van der Waals surface area (Å²) in [5.41, 5.74) is 1.88. The molecule has 5 heteroatoms. The molecule has 1 aliphatic rings. The second-order valence-corrected chi connectivity index (χ2v) is 8.28. The van der Waals surface area contributed by atoms with E-state index in [1.807, 2.05) is 30.3 Å². The fraction of sp³-hybridized carbons (Fsp3) is 0.480. The van der Waals surface area contributed by atoms with Gasteiger partial charge in [-0.25, -0.2) is 0 Å². The molecule has 2 aromatic carbocycles. The van der Waals surface area contributed by atoms with Crippen molar-refractivity contribution in [2.45, 2.75) is 76.5 Å². The predicted molar refractivity (Wildman–Crippen MR) is 122 cm³/mol. The van der Waals surface area contributed by atoms with Crippen LogP contribution in [0.25, 0.3) is 0 Å². The number of aliphatic imine (C=N–C) groups is 1. The van der Waals surface area contributed by atoms with Crippen LogP contribution in [0.5, 0.6) is 5.75 Å². The van der Waals surface area contributed by atoms with E-state index in [0.717, 1.165) is 31.4 Å². The van der Waals surface area contributed by atoms with Crippen LogP contribution in [0.2, 0.25) is 0 Å². The number of phenolic OH excluding ortho intramolecular Hbond substituents is 1. The van der Waals surface area contributed by atoms with Crippen molar-refractivity contribution in [2.24, 2.45) is 4.99 Å². The number of para-hydroxylation sites is 1. The van der Waals surface area contributed by atoms with Crippen LogP contribution in [0, 0.1) is 10.1 Å². The molecule has 1 fully saturated rings. The van der Waals surface area contributed by atoms with Crippen LogP contribution in [0.15, 0.2) is 47.5 Å². The number of phenols is 1. The smallest absolute Gasteiger partial charge is 0.270 e. The van der Waals surface area contributed by atoms with Gasteiger partial charge in [0.2, 0.25) is 0 Å². The Hall–Kier alpha value is -2.69. The van der Waals surface area contributed by atoms with E-state index >= 15 is 0 Å². The molecule has 0 atom stereocenters. The monoisotopic (exact) mass is 408 g/mol. The summed E-state index contributed by atoms with van der Waals surface area (Å²) in [7, 11) is 0. The molecule has 3 rings (SSSR count). The lowest BCUT2D eigenvalue weighted by Gasteiger charge is -2.20. The van der Waals surface area contributed by atoms with Crippen molar-refractivity contribution in [3.8, 4) is 5.75 Å². The molecule has 160 valence electrons. The molecule has 0 aliphatic heterocycles. The van der Waals surface area contributed by atoms with Crippen LogP contribution in [0.1, 0.15) is 87.7 Å². The van der Waals surface area contributed by atoms with Gasteiger partial charge in [-0.2, -0.15) is 0 Å². The van der Waals surface area contributed by atoms with E-state index < -0.39 is 0 Å². The van der Waals surface area contributed by atoms with Gasteiger partial charge in [-0.15, -0.1) is 0 Å². The summed E-state index contributed by atoms with van der Waals surface area (Å²) in [5, 5.41) is 22.6. The predicted octanol–water partition coefficient (Wildman–Crippen LogP) is 7.44. The van der Waals surface area contributed by atoms with Crippen molar-refractivity contribution >= 4 is 17.6 Å². The Kier molecular flexibility index (Phi) is 8.42. The minimum absolute atomic E-state index is 0.0171. The lowest BCUT2D eigenvalue weighted by atomic mass is 9.86. The highest BCUT2D eigenvalue weighted by Gasteiger charge is 2.22. The maximum atomic E-state index is 11.6. The second-order valence-electron chi connectivity index (χ2n) is 8.28. The fourth-order valence-corrected chi connectivity index (χ4v) is 4.31. The number of rotatable bonds is 4. The highest BCUT2D eigenvalue weighted by molar-refractivity contribution is 5.87.